The molecule has 0 spiro atoms. The topological polar surface area (TPSA) is 43.7 Å². The van der Waals surface area contributed by atoms with Crippen molar-refractivity contribution >= 4 is 33.3 Å². The Morgan fingerprint density at radius 1 is 1.17 bits per heavy atom. The predicted molar refractivity (Wildman–Crippen MR) is 78.3 cm³/mol. The summed E-state index contributed by atoms with van der Waals surface area (Å²) in [7, 11) is -1.38. The van der Waals surface area contributed by atoms with Gasteiger partial charge in [0, 0.05) is 16.0 Å². The highest BCUT2D eigenvalue weighted by Gasteiger charge is 2.22. The number of fused-ring (bicyclic) bond motifs is 1. The molecule has 18 heavy (non-hydrogen) atoms. The fourth-order valence-electron chi connectivity index (χ4n) is 2.16. The van der Waals surface area contributed by atoms with Crippen molar-refractivity contribution in [1.82, 2.24) is 4.90 Å². The fourth-order valence-corrected chi connectivity index (χ4v) is 3.25. The Hall–Kier alpha value is -0.875. The van der Waals surface area contributed by atoms with Crippen LogP contribution in [0.2, 0.25) is 0 Å². The second-order valence-corrected chi connectivity index (χ2v) is 5.36. The van der Waals surface area contributed by atoms with Crippen LogP contribution in [0.5, 0.6) is 0 Å². The highest BCUT2D eigenvalue weighted by Crippen LogP contribution is 2.25. The van der Waals surface area contributed by atoms with E-state index in [4.69, 9.17) is 0 Å². The van der Waals surface area contributed by atoms with Gasteiger partial charge >= 0.3 is 7.12 Å². The molecule has 0 fully saturated rings. The number of hydrogen-bond donors (Lipinski definition) is 2. The van der Waals surface area contributed by atoms with E-state index >= 15 is 0 Å². The van der Waals surface area contributed by atoms with Crippen molar-refractivity contribution in [3.8, 4) is 0 Å². The molecule has 0 radical (unpaired) electrons. The zero-order valence-electron chi connectivity index (χ0n) is 10.8. The molecule has 0 bridgehead atoms. The summed E-state index contributed by atoms with van der Waals surface area (Å²) in [5, 5.41) is 20.2. The molecule has 2 rings (SSSR count). The quantitative estimate of drug-likeness (QED) is 0.802. The van der Waals surface area contributed by atoms with Crippen LogP contribution in [0.1, 0.15) is 19.4 Å². The van der Waals surface area contributed by atoms with Gasteiger partial charge in [0.1, 0.15) is 0 Å². The predicted octanol–water partition coefficient (Wildman–Crippen LogP) is 1.42. The van der Waals surface area contributed by atoms with E-state index < -0.39 is 7.12 Å². The largest absolute Gasteiger partial charge is 0.499 e. The van der Waals surface area contributed by atoms with Gasteiger partial charge in [0.05, 0.1) is 0 Å². The molecule has 0 aliphatic carbocycles. The minimum atomic E-state index is -1.38. The van der Waals surface area contributed by atoms with Crippen molar-refractivity contribution < 1.29 is 10.0 Å². The molecule has 0 amide bonds. The average Bonchev–Trinajstić information content (AvgIpc) is 2.75. The van der Waals surface area contributed by atoms with Crippen molar-refractivity contribution in [3.05, 3.63) is 29.8 Å². The van der Waals surface area contributed by atoms with Gasteiger partial charge in [-0.15, -0.1) is 11.3 Å². The van der Waals surface area contributed by atoms with E-state index in [1.807, 2.05) is 18.2 Å². The molecule has 3 nitrogen and oxygen atoms in total. The van der Waals surface area contributed by atoms with Crippen molar-refractivity contribution in [2.75, 3.05) is 13.1 Å². The maximum absolute atomic E-state index is 9.51. The fraction of sp³-hybridized carbons (Fsp3) is 0.385. The van der Waals surface area contributed by atoms with Crippen molar-refractivity contribution in [1.29, 1.82) is 0 Å². The Morgan fingerprint density at radius 3 is 2.44 bits per heavy atom. The molecule has 1 aromatic heterocycles. The standard InChI is InChI=1S/C13H18BNO2S/c1-3-15(4-2)9-11-10-7-5-6-8-12(10)18-13(11)14(16)17/h5-8,16-17H,3-4,9H2,1-2H3. The summed E-state index contributed by atoms with van der Waals surface area (Å²) in [5.74, 6) is 0. The first-order chi connectivity index (χ1) is 8.67. The lowest BCUT2D eigenvalue weighted by Crippen LogP contribution is -2.33. The Kier molecular flexibility index (Phi) is 4.40. The number of nitrogens with zero attached hydrogens (tertiary/aromatic N) is 1. The monoisotopic (exact) mass is 263 g/mol. The first-order valence-electron chi connectivity index (χ1n) is 6.26. The van der Waals surface area contributed by atoms with E-state index in [0.29, 0.717) is 4.78 Å². The summed E-state index contributed by atoms with van der Waals surface area (Å²) in [4.78, 5) is 2.28. The number of hydrogen-bond acceptors (Lipinski definition) is 4. The smallest absolute Gasteiger partial charge is 0.423 e. The minimum absolute atomic E-state index is 0.670. The summed E-state index contributed by atoms with van der Waals surface area (Å²) in [6.07, 6.45) is 0. The minimum Gasteiger partial charge on any atom is -0.423 e. The van der Waals surface area contributed by atoms with Crippen molar-refractivity contribution in [2.45, 2.75) is 20.4 Å². The first kappa shape index (κ1) is 13.6. The number of benzene rings is 1. The summed E-state index contributed by atoms with van der Waals surface area (Å²) in [6, 6.07) is 8.05. The molecule has 0 saturated carbocycles. The lowest BCUT2D eigenvalue weighted by Gasteiger charge is -2.18. The van der Waals surface area contributed by atoms with E-state index in [2.05, 4.69) is 24.8 Å². The summed E-state index contributed by atoms with van der Waals surface area (Å²) >= 11 is 1.47. The molecule has 96 valence electrons. The number of rotatable bonds is 5. The van der Waals surface area contributed by atoms with E-state index in [0.717, 1.165) is 35.3 Å². The van der Waals surface area contributed by atoms with Crippen LogP contribution in [0.15, 0.2) is 24.3 Å². The zero-order valence-corrected chi connectivity index (χ0v) is 11.6. The molecular weight excluding hydrogens is 245 g/mol. The maximum Gasteiger partial charge on any atom is 0.499 e. The van der Waals surface area contributed by atoms with E-state index in [-0.39, 0.29) is 0 Å². The van der Waals surface area contributed by atoms with Crippen LogP contribution in [0.3, 0.4) is 0 Å². The van der Waals surface area contributed by atoms with Crippen LogP contribution in [0.4, 0.5) is 0 Å². The third-order valence-electron chi connectivity index (χ3n) is 3.24. The molecule has 2 aromatic rings. The summed E-state index contributed by atoms with van der Waals surface area (Å²) in [6.45, 7) is 6.92. The third kappa shape index (κ3) is 2.59. The highest BCUT2D eigenvalue weighted by atomic mass is 32.1. The van der Waals surface area contributed by atoms with Crippen LogP contribution in [-0.2, 0) is 6.54 Å². The third-order valence-corrected chi connectivity index (χ3v) is 4.49. The van der Waals surface area contributed by atoms with E-state index in [1.54, 1.807) is 0 Å². The molecular formula is C13H18BNO2S. The van der Waals surface area contributed by atoms with Gasteiger partial charge in [-0.2, -0.15) is 0 Å². The molecule has 5 heteroatoms. The molecule has 0 saturated heterocycles. The molecule has 1 aromatic carbocycles. The Balaban J connectivity index is 2.48. The first-order valence-corrected chi connectivity index (χ1v) is 7.07. The van der Waals surface area contributed by atoms with Gasteiger partial charge in [0.2, 0.25) is 0 Å². The summed E-state index contributed by atoms with van der Waals surface area (Å²) < 4.78 is 1.78. The summed E-state index contributed by atoms with van der Waals surface area (Å²) in [5.41, 5.74) is 1.05. The van der Waals surface area contributed by atoms with E-state index in [9.17, 15) is 10.0 Å². The lowest BCUT2D eigenvalue weighted by molar-refractivity contribution is 0.297. The van der Waals surface area contributed by atoms with Gasteiger partial charge in [0.25, 0.3) is 0 Å². The van der Waals surface area contributed by atoms with Crippen LogP contribution in [0.25, 0.3) is 10.1 Å². The SMILES string of the molecule is CCN(CC)Cc1c(B(O)O)sc2ccccc12. The van der Waals surface area contributed by atoms with Crippen LogP contribution >= 0.6 is 11.3 Å². The molecule has 0 aliphatic rings. The second kappa shape index (κ2) is 5.84. The van der Waals surface area contributed by atoms with Crippen molar-refractivity contribution in [3.63, 3.8) is 0 Å². The Bertz CT molecular complexity index is 523. The van der Waals surface area contributed by atoms with Gasteiger partial charge in [-0.1, -0.05) is 32.0 Å². The molecule has 1 heterocycles. The Morgan fingerprint density at radius 2 is 1.83 bits per heavy atom. The highest BCUT2D eigenvalue weighted by molar-refractivity contribution is 7.28. The lowest BCUT2D eigenvalue weighted by atomic mass is 9.85. The van der Waals surface area contributed by atoms with Gasteiger partial charge in [-0.05, 0) is 30.1 Å². The van der Waals surface area contributed by atoms with E-state index in [1.165, 1.54) is 11.3 Å². The van der Waals surface area contributed by atoms with Gasteiger partial charge < -0.3 is 10.0 Å². The van der Waals surface area contributed by atoms with Gasteiger partial charge in [0.15, 0.2) is 0 Å². The maximum atomic E-state index is 9.51. The normalized spacial score (nSPS) is 11.4. The van der Waals surface area contributed by atoms with Gasteiger partial charge in [-0.25, -0.2) is 0 Å². The number of thiophene rings is 1. The molecule has 0 aliphatic heterocycles. The second-order valence-electron chi connectivity index (χ2n) is 4.28. The van der Waals surface area contributed by atoms with Gasteiger partial charge in [-0.3, -0.25) is 4.90 Å². The molecule has 0 unspecified atom stereocenters. The Labute approximate surface area is 112 Å². The molecule has 0 atom stereocenters. The van der Waals surface area contributed by atoms with Crippen molar-refractivity contribution in [2.24, 2.45) is 0 Å². The van der Waals surface area contributed by atoms with Crippen LogP contribution in [0, 0.1) is 0 Å². The molecule has 2 N–H and O–H groups in total. The zero-order chi connectivity index (χ0) is 13.1. The average molecular weight is 263 g/mol. The van der Waals surface area contributed by atoms with Crippen LogP contribution in [-0.4, -0.2) is 35.2 Å². The van der Waals surface area contributed by atoms with Crippen LogP contribution < -0.4 is 4.78 Å².